The molecule has 0 aliphatic carbocycles. The lowest BCUT2D eigenvalue weighted by Crippen LogP contribution is -2.17. The van der Waals surface area contributed by atoms with Crippen molar-refractivity contribution in [2.24, 2.45) is 5.10 Å². The number of carbonyl (C=O) groups excluding carboxylic acids is 1. The molecule has 6 nitrogen and oxygen atoms in total. The molecular weight excluding hydrogens is 356 g/mol. The lowest BCUT2D eigenvalue weighted by Gasteiger charge is -2.17. The summed E-state index contributed by atoms with van der Waals surface area (Å²) in [6.07, 6.45) is 2.30. The zero-order chi connectivity index (χ0) is 19.1. The van der Waals surface area contributed by atoms with Gasteiger partial charge in [0, 0.05) is 5.56 Å². The molecule has 0 radical (unpaired) electrons. The Hall–Kier alpha value is -2.73. The van der Waals surface area contributed by atoms with Crippen molar-refractivity contribution in [2.45, 2.75) is 26.4 Å². The van der Waals surface area contributed by atoms with Gasteiger partial charge < -0.3 is 14.6 Å². The second kappa shape index (κ2) is 9.10. The van der Waals surface area contributed by atoms with Crippen LogP contribution in [-0.2, 0) is 0 Å². The molecule has 0 bridgehead atoms. The lowest BCUT2D eigenvalue weighted by atomic mass is 10.2. The molecule has 0 aliphatic heterocycles. The fourth-order valence-corrected chi connectivity index (χ4v) is 2.32. The number of hydrazone groups is 1. The highest BCUT2D eigenvalue weighted by Gasteiger charge is 2.14. The second-order valence-electron chi connectivity index (χ2n) is 5.62. The molecule has 0 fully saturated rings. The first-order valence-electron chi connectivity index (χ1n) is 8.11. The van der Waals surface area contributed by atoms with Crippen LogP contribution in [0.25, 0.3) is 0 Å². The molecule has 0 saturated carbocycles. The van der Waals surface area contributed by atoms with Crippen molar-refractivity contribution in [3.63, 3.8) is 0 Å². The first kappa shape index (κ1) is 19.6. The van der Waals surface area contributed by atoms with Crippen molar-refractivity contribution in [1.82, 2.24) is 5.43 Å². The molecule has 0 aliphatic rings. The van der Waals surface area contributed by atoms with Gasteiger partial charge >= 0.3 is 0 Å². The van der Waals surface area contributed by atoms with Crippen LogP contribution < -0.4 is 14.9 Å². The van der Waals surface area contributed by atoms with E-state index in [9.17, 15) is 9.90 Å². The van der Waals surface area contributed by atoms with Gasteiger partial charge in [0.05, 0.1) is 24.5 Å². The minimum atomic E-state index is -0.393. The Morgan fingerprint density at radius 3 is 2.65 bits per heavy atom. The van der Waals surface area contributed by atoms with Gasteiger partial charge in [-0.1, -0.05) is 18.5 Å². The Bertz CT molecular complexity index is 791. The number of hydrogen-bond donors (Lipinski definition) is 2. The van der Waals surface area contributed by atoms with E-state index in [2.05, 4.69) is 10.5 Å². The molecule has 0 unspecified atom stereocenters. The number of phenolic OH excluding ortho intramolecular Hbond substituents is 1. The summed E-state index contributed by atoms with van der Waals surface area (Å²) in [5.74, 6) is 0.667. The number of nitrogens with zero attached hydrogens (tertiary/aromatic N) is 1. The average molecular weight is 377 g/mol. The summed E-state index contributed by atoms with van der Waals surface area (Å²) in [7, 11) is 1.53. The van der Waals surface area contributed by atoms with E-state index in [0.29, 0.717) is 27.6 Å². The van der Waals surface area contributed by atoms with Crippen LogP contribution in [0.1, 0.15) is 36.2 Å². The molecule has 2 rings (SSSR count). The highest BCUT2D eigenvalue weighted by atomic mass is 35.5. The van der Waals surface area contributed by atoms with Gasteiger partial charge in [0.25, 0.3) is 5.91 Å². The van der Waals surface area contributed by atoms with Gasteiger partial charge in [0.2, 0.25) is 0 Å². The largest absolute Gasteiger partial charge is 0.508 e. The summed E-state index contributed by atoms with van der Waals surface area (Å²) in [6, 6.07) is 9.26. The Morgan fingerprint density at radius 1 is 1.35 bits per heavy atom. The van der Waals surface area contributed by atoms with E-state index in [-0.39, 0.29) is 11.9 Å². The second-order valence-corrected chi connectivity index (χ2v) is 6.02. The van der Waals surface area contributed by atoms with Crippen molar-refractivity contribution in [3.8, 4) is 17.2 Å². The molecule has 0 heterocycles. The number of methoxy groups -OCH3 is 1. The fourth-order valence-electron chi connectivity index (χ4n) is 2.06. The molecule has 0 spiro atoms. The molecule has 1 amide bonds. The normalized spacial score (nSPS) is 12.0. The summed E-state index contributed by atoms with van der Waals surface area (Å²) in [5, 5.41) is 13.6. The van der Waals surface area contributed by atoms with Gasteiger partial charge in [0.1, 0.15) is 5.75 Å². The molecule has 138 valence electrons. The third-order valence-electron chi connectivity index (χ3n) is 3.65. The lowest BCUT2D eigenvalue weighted by molar-refractivity contribution is 0.0955. The van der Waals surface area contributed by atoms with Crippen molar-refractivity contribution in [2.75, 3.05) is 7.11 Å². The van der Waals surface area contributed by atoms with Crippen LogP contribution in [-0.4, -0.2) is 30.4 Å². The highest BCUT2D eigenvalue weighted by Crippen LogP contribution is 2.37. The van der Waals surface area contributed by atoms with Gasteiger partial charge in [-0.05, 0) is 55.3 Å². The molecular formula is C19H21ClN2O4. The van der Waals surface area contributed by atoms with E-state index in [1.165, 1.54) is 37.6 Å². The van der Waals surface area contributed by atoms with Gasteiger partial charge in [-0.3, -0.25) is 4.79 Å². The average Bonchev–Trinajstić information content (AvgIpc) is 2.63. The predicted octanol–water partition coefficient (Wildman–Crippen LogP) is 4.00. The van der Waals surface area contributed by atoms with Crippen molar-refractivity contribution in [1.29, 1.82) is 0 Å². The van der Waals surface area contributed by atoms with E-state index in [0.717, 1.165) is 6.42 Å². The van der Waals surface area contributed by atoms with Crippen molar-refractivity contribution in [3.05, 3.63) is 52.5 Å². The number of halogens is 1. The third kappa shape index (κ3) is 5.13. The van der Waals surface area contributed by atoms with E-state index in [1.54, 1.807) is 12.1 Å². The van der Waals surface area contributed by atoms with Crippen LogP contribution in [0.15, 0.2) is 41.5 Å². The van der Waals surface area contributed by atoms with Crippen molar-refractivity contribution < 1.29 is 19.4 Å². The zero-order valence-electron chi connectivity index (χ0n) is 14.8. The maximum atomic E-state index is 12.0. The van der Waals surface area contributed by atoms with E-state index in [4.69, 9.17) is 21.1 Å². The summed E-state index contributed by atoms with van der Waals surface area (Å²) in [4.78, 5) is 12.0. The standard InChI is InChI=1S/C19H21ClN2O4/c1-4-12(2)26-18-16(20)9-13(10-17(18)25-3)11-21-22-19(24)14-5-7-15(23)8-6-14/h5-12,23H,4H2,1-3H3,(H,22,24)/b21-11-/t12-/m1/s1. The Balaban J connectivity index is 2.11. The predicted molar refractivity (Wildman–Crippen MR) is 102 cm³/mol. The Morgan fingerprint density at radius 2 is 2.04 bits per heavy atom. The van der Waals surface area contributed by atoms with Crippen LogP contribution in [0.2, 0.25) is 5.02 Å². The highest BCUT2D eigenvalue weighted by molar-refractivity contribution is 6.32. The SMILES string of the molecule is CC[C@@H](C)Oc1c(Cl)cc(/C=N\NC(=O)c2ccc(O)cc2)cc1OC. The number of rotatable bonds is 7. The number of nitrogens with one attached hydrogen (secondary N) is 1. The number of benzene rings is 2. The van der Waals surface area contributed by atoms with Crippen LogP contribution in [0.4, 0.5) is 0 Å². The topological polar surface area (TPSA) is 80.2 Å². The van der Waals surface area contributed by atoms with Gasteiger partial charge in [-0.25, -0.2) is 5.43 Å². The van der Waals surface area contributed by atoms with Crippen LogP contribution >= 0.6 is 11.6 Å². The maximum absolute atomic E-state index is 12.0. The molecule has 26 heavy (non-hydrogen) atoms. The summed E-state index contributed by atoms with van der Waals surface area (Å²) in [5.41, 5.74) is 3.44. The number of phenols is 1. The van der Waals surface area contributed by atoms with Gasteiger partial charge in [-0.15, -0.1) is 0 Å². The maximum Gasteiger partial charge on any atom is 0.271 e. The Labute approximate surface area is 157 Å². The van der Waals surface area contributed by atoms with E-state index < -0.39 is 5.91 Å². The van der Waals surface area contributed by atoms with Crippen LogP contribution in [0, 0.1) is 0 Å². The number of aromatic hydroxyl groups is 1. The number of hydrogen-bond acceptors (Lipinski definition) is 5. The zero-order valence-corrected chi connectivity index (χ0v) is 15.6. The van der Waals surface area contributed by atoms with Crippen LogP contribution in [0.5, 0.6) is 17.2 Å². The number of carbonyl (C=O) groups is 1. The summed E-state index contributed by atoms with van der Waals surface area (Å²) in [6.45, 7) is 3.97. The minimum absolute atomic E-state index is 0.00511. The van der Waals surface area contributed by atoms with Gasteiger partial charge in [0.15, 0.2) is 11.5 Å². The fraction of sp³-hybridized carbons (Fsp3) is 0.263. The molecule has 2 aromatic carbocycles. The third-order valence-corrected chi connectivity index (χ3v) is 3.94. The summed E-state index contributed by atoms with van der Waals surface area (Å²) < 4.78 is 11.1. The molecule has 0 saturated heterocycles. The molecule has 2 aromatic rings. The Kier molecular flexibility index (Phi) is 6.86. The smallest absolute Gasteiger partial charge is 0.271 e. The van der Waals surface area contributed by atoms with Gasteiger partial charge in [-0.2, -0.15) is 5.10 Å². The minimum Gasteiger partial charge on any atom is -0.508 e. The number of ether oxygens (including phenoxy) is 2. The number of amides is 1. The summed E-state index contributed by atoms with van der Waals surface area (Å²) >= 11 is 6.29. The van der Waals surface area contributed by atoms with E-state index in [1.807, 2.05) is 13.8 Å². The molecule has 1 atom stereocenters. The monoisotopic (exact) mass is 376 g/mol. The molecule has 7 heteroatoms. The van der Waals surface area contributed by atoms with Crippen LogP contribution in [0.3, 0.4) is 0 Å². The first-order chi connectivity index (χ1) is 12.4. The van der Waals surface area contributed by atoms with Crippen molar-refractivity contribution >= 4 is 23.7 Å². The quantitative estimate of drug-likeness (QED) is 0.565. The first-order valence-corrected chi connectivity index (χ1v) is 8.49. The molecule has 0 aromatic heterocycles. The molecule has 2 N–H and O–H groups in total. The van der Waals surface area contributed by atoms with E-state index >= 15 is 0 Å².